The molecule has 0 radical (unpaired) electrons. The van der Waals surface area contributed by atoms with Gasteiger partial charge in [0.05, 0.1) is 5.56 Å². The first kappa shape index (κ1) is 14.1. The molecule has 1 nitrogen and oxygen atoms in total. The second-order valence-electron chi connectivity index (χ2n) is 4.84. The van der Waals surface area contributed by atoms with E-state index in [1.165, 1.54) is 24.1 Å². The molecule has 0 saturated heterocycles. The van der Waals surface area contributed by atoms with E-state index in [2.05, 4.69) is 11.4 Å². The second-order valence-corrected chi connectivity index (χ2v) is 4.84. The van der Waals surface area contributed by atoms with Crippen molar-refractivity contribution in [2.45, 2.75) is 38.4 Å². The summed E-state index contributed by atoms with van der Waals surface area (Å²) >= 11 is 0. The number of hydrogen-bond acceptors (Lipinski definition) is 1. The normalized spacial score (nSPS) is 15.6. The molecule has 0 saturated carbocycles. The maximum Gasteiger partial charge on any atom is 0.416 e. The van der Waals surface area contributed by atoms with E-state index in [1.807, 2.05) is 0 Å². The van der Waals surface area contributed by atoms with Crippen molar-refractivity contribution < 1.29 is 13.2 Å². The molecule has 0 atom stereocenters. The molecule has 0 unspecified atom stereocenters. The van der Waals surface area contributed by atoms with Crippen molar-refractivity contribution in [1.29, 1.82) is 0 Å². The maximum atomic E-state index is 12.8. The molecular formula is C15H18F3N. The summed E-state index contributed by atoms with van der Waals surface area (Å²) in [5.41, 5.74) is 1.20. The molecule has 1 aromatic carbocycles. The second kappa shape index (κ2) is 6.24. The SMILES string of the molecule is FC(F)(F)c1ccccc1CNCCC1=CCCC1. The highest BCUT2D eigenvalue weighted by molar-refractivity contribution is 5.29. The molecule has 4 heteroatoms. The third-order valence-electron chi connectivity index (χ3n) is 3.40. The molecule has 0 aliphatic heterocycles. The van der Waals surface area contributed by atoms with E-state index in [0.29, 0.717) is 5.56 Å². The Kier molecular flexibility index (Phi) is 4.64. The van der Waals surface area contributed by atoms with Gasteiger partial charge in [0.1, 0.15) is 0 Å². The number of benzene rings is 1. The van der Waals surface area contributed by atoms with E-state index >= 15 is 0 Å². The van der Waals surface area contributed by atoms with Gasteiger partial charge >= 0.3 is 6.18 Å². The molecule has 1 aromatic rings. The Morgan fingerprint density at radius 2 is 1.95 bits per heavy atom. The molecule has 0 amide bonds. The van der Waals surface area contributed by atoms with E-state index in [0.717, 1.165) is 31.9 Å². The third-order valence-corrected chi connectivity index (χ3v) is 3.40. The molecule has 0 fully saturated rings. The van der Waals surface area contributed by atoms with E-state index in [1.54, 1.807) is 6.07 Å². The molecule has 1 N–H and O–H groups in total. The minimum absolute atomic E-state index is 0.267. The smallest absolute Gasteiger partial charge is 0.312 e. The van der Waals surface area contributed by atoms with Crippen LogP contribution in [0.4, 0.5) is 13.2 Å². The molecule has 1 aliphatic rings. The van der Waals surface area contributed by atoms with Crippen LogP contribution in [0, 0.1) is 0 Å². The molecule has 0 spiro atoms. The zero-order chi connectivity index (χ0) is 13.7. The number of nitrogens with one attached hydrogen (secondary N) is 1. The van der Waals surface area contributed by atoms with E-state index < -0.39 is 11.7 Å². The summed E-state index contributed by atoms with van der Waals surface area (Å²) in [6.07, 6.45) is 2.41. The Hall–Kier alpha value is -1.29. The summed E-state index contributed by atoms with van der Waals surface area (Å²) in [5.74, 6) is 0. The van der Waals surface area contributed by atoms with Crippen molar-refractivity contribution in [3.05, 3.63) is 47.0 Å². The predicted octanol–water partition coefficient (Wildman–Crippen LogP) is 4.30. The summed E-state index contributed by atoms with van der Waals surface area (Å²) in [5, 5.41) is 3.10. The van der Waals surface area contributed by atoms with Gasteiger partial charge in [0, 0.05) is 6.54 Å². The quantitative estimate of drug-likeness (QED) is 0.621. The van der Waals surface area contributed by atoms with E-state index in [9.17, 15) is 13.2 Å². The zero-order valence-corrected chi connectivity index (χ0v) is 10.8. The van der Waals surface area contributed by atoms with Gasteiger partial charge in [0.25, 0.3) is 0 Å². The van der Waals surface area contributed by atoms with Crippen LogP contribution in [0.1, 0.15) is 36.8 Å². The topological polar surface area (TPSA) is 12.0 Å². The summed E-state index contributed by atoms with van der Waals surface area (Å²) in [4.78, 5) is 0. The van der Waals surface area contributed by atoms with Gasteiger partial charge in [-0.15, -0.1) is 0 Å². The fourth-order valence-corrected chi connectivity index (χ4v) is 2.39. The summed E-state index contributed by atoms with van der Waals surface area (Å²) in [6.45, 7) is 1.00. The lowest BCUT2D eigenvalue weighted by Crippen LogP contribution is -2.18. The average Bonchev–Trinajstić information content (AvgIpc) is 2.87. The molecule has 104 valence electrons. The Bertz CT molecular complexity index is 449. The van der Waals surface area contributed by atoms with Crippen LogP contribution in [0.25, 0.3) is 0 Å². The van der Waals surface area contributed by atoms with Crippen LogP contribution in [-0.4, -0.2) is 6.54 Å². The third kappa shape index (κ3) is 4.10. The van der Waals surface area contributed by atoms with Crippen LogP contribution >= 0.6 is 0 Å². The highest BCUT2D eigenvalue weighted by atomic mass is 19.4. The van der Waals surface area contributed by atoms with Crippen LogP contribution < -0.4 is 5.32 Å². The van der Waals surface area contributed by atoms with Gasteiger partial charge in [-0.05, 0) is 43.9 Å². The lowest BCUT2D eigenvalue weighted by molar-refractivity contribution is -0.138. The van der Waals surface area contributed by atoms with Gasteiger partial charge in [0.15, 0.2) is 0 Å². The van der Waals surface area contributed by atoms with Crippen molar-refractivity contribution in [3.8, 4) is 0 Å². The lowest BCUT2D eigenvalue weighted by Gasteiger charge is -2.13. The number of rotatable bonds is 5. The summed E-state index contributed by atoms with van der Waals surface area (Å²) < 4.78 is 38.3. The average molecular weight is 269 g/mol. The lowest BCUT2D eigenvalue weighted by atomic mass is 10.1. The summed E-state index contributed by atoms with van der Waals surface area (Å²) in [6, 6.07) is 5.74. The molecule has 19 heavy (non-hydrogen) atoms. The van der Waals surface area contributed by atoms with Crippen LogP contribution in [0.2, 0.25) is 0 Å². The zero-order valence-electron chi connectivity index (χ0n) is 10.8. The summed E-state index contributed by atoms with van der Waals surface area (Å²) in [7, 11) is 0. The Morgan fingerprint density at radius 1 is 1.16 bits per heavy atom. The first-order chi connectivity index (χ1) is 9.07. The van der Waals surface area contributed by atoms with Crippen LogP contribution in [0.3, 0.4) is 0 Å². The molecule has 1 aliphatic carbocycles. The Labute approximate surface area is 111 Å². The Balaban J connectivity index is 1.85. The molecule has 2 rings (SSSR count). The minimum Gasteiger partial charge on any atom is -0.312 e. The van der Waals surface area contributed by atoms with Crippen molar-refractivity contribution in [3.63, 3.8) is 0 Å². The molecule has 0 bridgehead atoms. The van der Waals surface area contributed by atoms with Gasteiger partial charge in [-0.25, -0.2) is 0 Å². The molecular weight excluding hydrogens is 251 g/mol. The van der Waals surface area contributed by atoms with Gasteiger partial charge in [-0.3, -0.25) is 0 Å². The van der Waals surface area contributed by atoms with Crippen LogP contribution in [-0.2, 0) is 12.7 Å². The van der Waals surface area contributed by atoms with Crippen LogP contribution in [0.15, 0.2) is 35.9 Å². The minimum atomic E-state index is -4.27. The monoisotopic (exact) mass is 269 g/mol. The first-order valence-corrected chi connectivity index (χ1v) is 6.61. The number of allylic oxidation sites excluding steroid dienone is 1. The van der Waals surface area contributed by atoms with Gasteiger partial charge in [-0.2, -0.15) is 13.2 Å². The fourth-order valence-electron chi connectivity index (χ4n) is 2.39. The van der Waals surface area contributed by atoms with Crippen LogP contribution in [0.5, 0.6) is 0 Å². The predicted molar refractivity (Wildman–Crippen MR) is 69.7 cm³/mol. The van der Waals surface area contributed by atoms with Gasteiger partial charge in [-0.1, -0.05) is 29.8 Å². The van der Waals surface area contributed by atoms with E-state index in [4.69, 9.17) is 0 Å². The number of halogens is 3. The maximum absolute atomic E-state index is 12.8. The van der Waals surface area contributed by atoms with Crippen molar-refractivity contribution in [2.75, 3.05) is 6.54 Å². The number of alkyl halides is 3. The van der Waals surface area contributed by atoms with E-state index in [-0.39, 0.29) is 6.54 Å². The molecule has 0 aromatic heterocycles. The van der Waals surface area contributed by atoms with Gasteiger partial charge < -0.3 is 5.32 Å². The molecule has 0 heterocycles. The highest BCUT2D eigenvalue weighted by Gasteiger charge is 2.32. The first-order valence-electron chi connectivity index (χ1n) is 6.61. The standard InChI is InChI=1S/C15H18F3N/c16-15(17,18)14-8-4-3-7-13(14)11-19-10-9-12-5-1-2-6-12/h3-5,7-8,19H,1-2,6,9-11H2. The number of hydrogen-bond donors (Lipinski definition) is 1. The van der Waals surface area contributed by atoms with Gasteiger partial charge in [0.2, 0.25) is 0 Å². The highest BCUT2D eigenvalue weighted by Crippen LogP contribution is 2.31. The fraction of sp³-hybridized carbons (Fsp3) is 0.467. The van der Waals surface area contributed by atoms with Crippen molar-refractivity contribution in [2.24, 2.45) is 0 Å². The Morgan fingerprint density at radius 3 is 2.63 bits per heavy atom. The largest absolute Gasteiger partial charge is 0.416 e. The van der Waals surface area contributed by atoms with Crippen molar-refractivity contribution >= 4 is 0 Å². The van der Waals surface area contributed by atoms with Crippen molar-refractivity contribution in [1.82, 2.24) is 5.32 Å².